The standard InChI is InChI=1S/C15H20N4O3/c16-15(6-3-7-15)14(20)18-10-8-17(9-11-18)12-4-1-2-5-13(12)19(21)22/h1-2,4-5H,3,6-11,16H2. The van der Waals surface area contributed by atoms with Crippen molar-refractivity contribution in [2.24, 2.45) is 5.73 Å². The topological polar surface area (TPSA) is 92.7 Å². The molecular weight excluding hydrogens is 284 g/mol. The molecule has 2 fully saturated rings. The molecule has 1 aromatic carbocycles. The number of amides is 1. The Morgan fingerprint density at radius 1 is 1.18 bits per heavy atom. The van der Waals surface area contributed by atoms with Crippen LogP contribution in [0.15, 0.2) is 24.3 Å². The lowest BCUT2D eigenvalue weighted by Crippen LogP contribution is -2.62. The highest BCUT2D eigenvalue weighted by molar-refractivity contribution is 5.87. The maximum Gasteiger partial charge on any atom is 0.292 e. The highest BCUT2D eigenvalue weighted by Crippen LogP contribution is 2.32. The van der Waals surface area contributed by atoms with Gasteiger partial charge in [-0.15, -0.1) is 0 Å². The van der Waals surface area contributed by atoms with E-state index in [0.717, 1.165) is 19.3 Å². The molecule has 0 radical (unpaired) electrons. The Morgan fingerprint density at radius 3 is 2.36 bits per heavy atom. The van der Waals surface area contributed by atoms with Crippen molar-refractivity contribution in [3.8, 4) is 0 Å². The highest BCUT2D eigenvalue weighted by Gasteiger charge is 2.43. The van der Waals surface area contributed by atoms with Gasteiger partial charge in [0.1, 0.15) is 5.69 Å². The van der Waals surface area contributed by atoms with E-state index >= 15 is 0 Å². The van der Waals surface area contributed by atoms with Crippen LogP contribution in [0.2, 0.25) is 0 Å². The number of benzene rings is 1. The number of anilines is 1. The van der Waals surface area contributed by atoms with Gasteiger partial charge < -0.3 is 15.5 Å². The summed E-state index contributed by atoms with van der Waals surface area (Å²) in [6, 6.07) is 6.72. The molecule has 0 unspecified atom stereocenters. The molecule has 118 valence electrons. The molecule has 0 spiro atoms. The smallest absolute Gasteiger partial charge is 0.292 e. The molecule has 1 aromatic rings. The van der Waals surface area contributed by atoms with E-state index in [4.69, 9.17) is 5.73 Å². The van der Waals surface area contributed by atoms with Crippen LogP contribution in [0, 0.1) is 10.1 Å². The molecule has 0 bridgehead atoms. The van der Waals surface area contributed by atoms with Crippen LogP contribution in [-0.2, 0) is 4.79 Å². The Morgan fingerprint density at radius 2 is 1.82 bits per heavy atom. The maximum atomic E-state index is 12.4. The van der Waals surface area contributed by atoms with Crippen LogP contribution < -0.4 is 10.6 Å². The summed E-state index contributed by atoms with van der Waals surface area (Å²) in [5.74, 6) is 0.0287. The summed E-state index contributed by atoms with van der Waals surface area (Å²) in [5.41, 5.74) is 6.15. The Labute approximate surface area is 128 Å². The number of nitro benzene ring substituents is 1. The van der Waals surface area contributed by atoms with E-state index in [2.05, 4.69) is 0 Å². The second kappa shape index (κ2) is 5.57. The summed E-state index contributed by atoms with van der Waals surface area (Å²) >= 11 is 0. The van der Waals surface area contributed by atoms with E-state index in [1.165, 1.54) is 6.07 Å². The van der Waals surface area contributed by atoms with Gasteiger partial charge >= 0.3 is 0 Å². The molecule has 1 aliphatic carbocycles. The van der Waals surface area contributed by atoms with Gasteiger partial charge in [-0.3, -0.25) is 14.9 Å². The fourth-order valence-corrected chi connectivity index (χ4v) is 3.12. The number of carbonyl (C=O) groups is 1. The first-order valence-corrected chi connectivity index (χ1v) is 7.58. The van der Waals surface area contributed by atoms with Crippen LogP contribution in [0.3, 0.4) is 0 Å². The van der Waals surface area contributed by atoms with Crippen LogP contribution in [0.25, 0.3) is 0 Å². The second-order valence-electron chi connectivity index (χ2n) is 6.03. The number of nitrogens with two attached hydrogens (primary N) is 1. The van der Waals surface area contributed by atoms with Crippen LogP contribution in [0.1, 0.15) is 19.3 Å². The molecule has 0 aromatic heterocycles. The van der Waals surface area contributed by atoms with E-state index in [-0.39, 0.29) is 16.5 Å². The van der Waals surface area contributed by atoms with Crippen molar-refractivity contribution in [1.29, 1.82) is 0 Å². The third kappa shape index (κ3) is 2.52. The SMILES string of the molecule is NC1(C(=O)N2CCN(c3ccccc3[N+](=O)[O-])CC2)CCC1. The van der Waals surface area contributed by atoms with Gasteiger partial charge in [-0.25, -0.2) is 0 Å². The van der Waals surface area contributed by atoms with Crippen molar-refractivity contribution in [2.75, 3.05) is 31.1 Å². The van der Waals surface area contributed by atoms with Crippen molar-refractivity contribution in [3.05, 3.63) is 34.4 Å². The summed E-state index contributed by atoms with van der Waals surface area (Å²) < 4.78 is 0. The van der Waals surface area contributed by atoms with E-state index < -0.39 is 5.54 Å². The first-order chi connectivity index (χ1) is 10.5. The van der Waals surface area contributed by atoms with Gasteiger partial charge in [0.15, 0.2) is 0 Å². The Hall–Kier alpha value is -2.15. The average Bonchev–Trinajstić information content (AvgIpc) is 2.52. The van der Waals surface area contributed by atoms with Crippen molar-refractivity contribution < 1.29 is 9.72 Å². The zero-order valence-corrected chi connectivity index (χ0v) is 12.4. The predicted octanol–water partition coefficient (Wildman–Crippen LogP) is 1.12. The molecule has 7 nitrogen and oxygen atoms in total. The molecule has 1 saturated carbocycles. The summed E-state index contributed by atoms with van der Waals surface area (Å²) in [7, 11) is 0. The Kier molecular flexibility index (Phi) is 3.74. The molecule has 1 aliphatic heterocycles. The number of para-hydroxylation sites is 2. The molecule has 22 heavy (non-hydrogen) atoms. The molecule has 2 aliphatic rings. The number of nitro groups is 1. The van der Waals surface area contributed by atoms with Crippen molar-refractivity contribution in [3.63, 3.8) is 0 Å². The van der Waals surface area contributed by atoms with Gasteiger partial charge in [0.05, 0.1) is 10.5 Å². The van der Waals surface area contributed by atoms with Crippen molar-refractivity contribution in [1.82, 2.24) is 4.90 Å². The molecule has 1 saturated heterocycles. The highest BCUT2D eigenvalue weighted by atomic mass is 16.6. The first kappa shape index (κ1) is 14.8. The monoisotopic (exact) mass is 304 g/mol. The van der Waals surface area contributed by atoms with Crippen LogP contribution in [0.4, 0.5) is 11.4 Å². The van der Waals surface area contributed by atoms with E-state index in [0.29, 0.717) is 31.9 Å². The second-order valence-corrected chi connectivity index (χ2v) is 6.03. The summed E-state index contributed by atoms with van der Waals surface area (Å²) in [6.45, 7) is 2.30. The molecule has 1 heterocycles. The minimum atomic E-state index is -0.666. The predicted molar refractivity (Wildman–Crippen MR) is 82.7 cm³/mol. The molecule has 7 heteroatoms. The van der Waals surface area contributed by atoms with Gasteiger partial charge in [0.25, 0.3) is 5.69 Å². The van der Waals surface area contributed by atoms with E-state index in [1.54, 1.807) is 23.1 Å². The lowest BCUT2D eigenvalue weighted by atomic mass is 9.76. The molecule has 1 amide bonds. The first-order valence-electron chi connectivity index (χ1n) is 7.58. The van der Waals surface area contributed by atoms with E-state index in [1.807, 2.05) is 4.90 Å². The summed E-state index contributed by atoms with van der Waals surface area (Å²) in [4.78, 5) is 26.9. The number of carbonyl (C=O) groups excluding carboxylic acids is 1. The van der Waals surface area contributed by atoms with Crippen molar-refractivity contribution in [2.45, 2.75) is 24.8 Å². The summed E-state index contributed by atoms with van der Waals surface area (Å²) in [6.07, 6.45) is 2.53. The quantitative estimate of drug-likeness (QED) is 0.667. The zero-order chi connectivity index (χ0) is 15.7. The largest absolute Gasteiger partial charge is 0.362 e. The minimum Gasteiger partial charge on any atom is -0.362 e. The van der Waals surface area contributed by atoms with Gasteiger partial charge in [-0.05, 0) is 25.3 Å². The third-order valence-electron chi connectivity index (χ3n) is 4.66. The zero-order valence-electron chi connectivity index (χ0n) is 12.4. The number of rotatable bonds is 3. The number of hydrogen-bond acceptors (Lipinski definition) is 5. The maximum absolute atomic E-state index is 12.4. The van der Waals surface area contributed by atoms with Crippen LogP contribution in [-0.4, -0.2) is 47.4 Å². The molecular formula is C15H20N4O3. The summed E-state index contributed by atoms with van der Waals surface area (Å²) in [5, 5.41) is 11.1. The lowest BCUT2D eigenvalue weighted by molar-refractivity contribution is -0.384. The number of nitrogens with zero attached hydrogens (tertiary/aromatic N) is 3. The van der Waals surface area contributed by atoms with E-state index in [9.17, 15) is 14.9 Å². The Balaban J connectivity index is 1.67. The van der Waals surface area contributed by atoms with Crippen LogP contribution >= 0.6 is 0 Å². The normalized spacial score (nSPS) is 20.4. The number of piperazine rings is 1. The lowest BCUT2D eigenvalue weighted by Gasteiger charge is -2.43. The fourth-order valence-electron chi connectivity index (χ4n) is 3.12. The van der Waals surface area contributed by atoms with Gasteiger partial charge in [-0.1, -0.05) is 12.1 Å². The van der Waals surface area contributed by atoms with Gasteiger partial charge in [-0.2, -0.15) is 0 Å². The molecule has 2 N–H and O–H groups in total. The fraction of sp³-hybridized carbons (Fsp3) is 0.533. The molecule has 0 atom stereocenters. The minimum absolute atomic E-state index is 0.0287. The Bertz CT molecular complexity index is 592. The number of hydrogen-bond donors (Lipinski definition) is 1. The molecule has 3 rings (SSSR count). The average molecular weight is 304 g/mol. The van der Waals surface area contributed by atoms with Crippen LogP contribution in [0.5, 0.6) is 0 Å². The van der Waals surface area contributed by atoms with Crippen molar-refractivity contribution >= 4 is 17.3 Å². The third-order valence-corrected chi connectivity index (χ3v) is 4.66. The van der Waals surface area contributed by atoms with Gasteiger partial charge in [0.2, 0.25) is 5.91 Å². The van der Waals surface area contributed by atoms with Gasteiger partial charge in [0, 0.05) is 32.2 Å².